The first kappa shape index (κ1) is 19.2. The molecule has 0 saturated heterocycles. The average Bonchev–Trinajstić information content (AvgIpc) is 2.66. The van der Waals surface area contributed by atoms with Crippen LogP contribution in [0.1, 0.15) is 49.7 Å². The summed E-state index contributed by atoms with van der Waals surface area (Å²) < 4.78 is 0. The van der Waals surface area contributed by atoms with Crippen LogP contribution >= 0.6 is 0 Å². The summed E-state index contributed by atoms with van der Waals surface area (Å²) in [4.78, 5) is 23.5. The second-order valence-corrected chi connectivity index (χ2v) is 8.89. The van der Waals surface area contributed by atoms with E-state index in [9.17, 15) is 14.7 Å². The van der Waals surface area contributed by atoms with Gasteiger partial charge < -0.3 is 10.4 Å². The summed E-state index contributed by atoms with van der Waals surface area (Å²) in [5.74, 6) is 1.61. The Kier molecular flexibility index (Phi) is 5.25. The highest BCUT2D eigenvalue weighted by Crippen LogP contribution is 2.58. The van der Waals surface area contributed by atoms with E-state index in [2.05, 4.69) is 5.32 Å². The summed E-state index contributed by atoms with van der Waals surface area (Å²) in [6, 6.07) is 7.55. The molecule has 4 aliphatic carbocycles. The fourth-order valence-electron chi connectivity index (χ4n) is 5.86. The topological polar surface area (TPSA) is 98.7 Å². The van der Waals surface area contributed by atoms with Crippen LogP contribution in [-0.4, -0.2) is 27.7 Å². The van der Waals surface area contributed by atoms with Gasteiger partial charge in [0, 0.05) is 19.0 Å². The number of hydrogen-bond donors (Lipinski definition) is 4. The third-order valence-electron chi connectivity index (χ3n) is 6.86. The number of nitrogens with one attached hydrogen (secondary N) is 2. The van der Waals surface area contributed by atoms with Gasteiger partial charge in [0.1, 0.15) is 0 Å². The Morgan fingerprint density at radius 1 is 1.11 bits per heavy atom. The second-order valence-electron chi connectivity index (χ2n) is 8.89. The van der Waals surface area contributed by atoms with Gasteiger partial charge in [-0.2, -0.15) is 0 Å². The Labute approximate surface area is 165 Å². The van der Waals surface area contributed by atoms with E-state index in [1.807, 2.05) is 24.3 Å². The Morgan fingerprint density at radius 3 is 2.39 bits per heavy atom. The summed E-state index contributed by atoms with van der Waals surface area (Å²) in [5.41, 5.74) is 2.93. The average molecular weight is 384 g/mol. The molecule has 0 aliphatic heterocycles. The molecule has 0 aromatic heterocycles. The van der Waals surface area contributed by atoms with E-state index in [0.717, 1.165) is 30.4 Å². The van der Waals surface area contributed by atoms with E-state index in [-0.39, 0.29) is 5.91 Å². The van der Waals surface area contributed by atoms with E-state index < -0.39 is 11.5 Å². The van der Waals surface area contributed by atoms with Crippen LogP contribution in [0, 0.1) is 23.7 Å². The SMILES string of the molecule is O=C(C=Cc1ccc(CNC(=O)CC2C3CC4CC2CC(O)(C4)C3)cc1)NO. The van der Waals surface area contributed by atoms with Crippen LogP contribution in [0.4, 0.5) is 0 Å². The fraction of sp³-hybridized carbons (Fsp3) is 0.545. The zero-order valence-electron chi connectivity index (χ0n) is 15.9. The minimum atomic E-state index is -0.576. The van der Waals surface area contributed by atoms with Crippen molar-refractivity contribution >= 4 is 17.9 Å². The van der Waals surface area contributed by atoms with Gasteiger partial charge in [0.05, 0.1) is 5.60 Å². The largest absolute Gasteiger partial charge is 0.390 e. The lowest BCUT2D eigenvalue weighted by atomic mass is 9.49. The van der Waals surface area contributed by atoms with Crippen molar-refractivity contribution in [1.82, 2.24) is 10.8 Å². The molecular weight excluding hydrogens is 356 g/mol. The monoisotopic (exact) mass is 384 g/mol. The number of carbonyl (C=O) groups is 2. The summed E-state index contributed by atoms with van der Waals surface area (Å²) in [7, 11) is 0. The van der Waals surface area contributed by atoms with Crippen LogP contribution in [0.2, 0.25) is 0 Å². The van der Waals surface area contributed by atoms with Gasteiger partial charge >= 0.3 is 0 Å². The second kappa shape index (κ2) is 7.68. The van der Waals surface area contributed by atoms with E-state index in [4.69, 9.17) is 5.21 Å². The number of amides is 2. The Bertz CT molecular complexity index is 757. The minimum absolute atomic E-state index is 0.0908. The third kappa shape index (κ3) is 4.13. The quantitative estimate of drug-likeness (QED) is 0.344. The lowest BCUT2D eigenvalue weighted by Gasteiger charge is -2.58. The Balaban J connectivity index is 1.27. The molecule has 6 nitrogen and oxygen atoms in total. The molecular formula is C22H28N2O4. The molecule has 4 bridgehead atoms. The zero-order chi connectivity index (χ0) is 19.7. The first-order chi connectivity index (χ1) is 13.4. The van der Waals surface area contributed by atoms with E-state index in [1.54, 1.807) is 11.6 Å². The molecule has 4 saturated carbocycles. The predicted octanol–water partition coefficient (Wildman–Crippen LogP) is 2.40. The van der Waals surface area contributed by atoms with Crippen LogP contribution in [0.3, 0.4) is 0 Å². The van der Waals surface area contributed by atoms with Crippen LogP contribution in [0.15, 0.2) is 30.3 Å². The highest BCUT2D eigenvalue weighted by molar-refractivity contribution is 5.90. The predicted molar refractivity (Wildman–Crippen MR) is 104 cm³/mol. The molecule has 2 unspecified atom stereocenters. The molecule has 2 atom stereocenters. The van der Waals surface area contributed by atoms with Crippen LogP contribution in [0.25, 0.3) is 6.08 Å². The van der Waals surface area contributed by atoms with Gasteiger partial charge in [-0.1, -0.05) is 24.3 Å². The Hall–Kier alpha value is -2.18. The number of rotatable bonds is 6. The summed E-state index contributed by atoms with van der Waals surface area (Å²) in [6.45, 7) is 0.481. The van der Waals surface area contributed by atoms with Crippen molar-refractivity contribution in [3.63, 3.8) is 0 Å². The van der Waals surface area contributed by atoms with Gasteiger partial charge in [-0.05, 0) is 73.0 Å². The maximum atomic E-state index is 12.5. The number of benzene rings is 1. The van der Waals surface area contributed by atoms with Gasteiger partial charge in [-0.25, -0.2) is 5.48 Å². The molecule has 150 valence electrons. The van der Waals surface area contributed by atoms with E-state index in [1.165, 1.54) is 18.9 Å². The number of hydroxylamine groups is 1. The highest BCUT2D eigenvalue weighted by atomic mass is 16.5. The van der Waals surface area contributed by atoms with Crippen molar-refractivity contribution in [2.45, 2.75) is 50.7 Å². The van der Waals surface area contributed by atoms with Crippen molar-refractivity contribution in [3.05, 3.63) is 41.5 Å². The zero-order valence-corrected chi connectivity index (χ0v) is 15.9. The fourth-order valence-corrected chi connectivity index (χ4v) is 5.86. The summed E-state index contributed by atoms with van der Waals surface area (Å²) in [6.07, 6.45) is 8.50. The van der Waals surface area contributed by atoms with Gasteiger partial charge in [0.25, 0.3) is 5.91 Å². The first-order valence-corrected chi connectivity index (χ1v) is 10.1. The van der Waals surface area contributed by atoms with E-state index in [0.29, 0.717) is 36.6 Å². The maximum absolute atomic E-state index is 12.5. The van der Waals surface area contributed by atoms with Crippen molar-refractivity contribution in [2.24, 2.45) is 23.7 Å². The maximum Gasteiger partial charge on any atom is 0.267 e. The van der Waals surface area contributed by atoms with Crippen molar-refractivity contribution in [2.75, 3.05) is 0 Å². The van der Waals surface area contributed by atoms with Crippen molar-refractivity contribution in [3.8, 4) is 0 Å². The van der Waals surface area contributed by atoms with Gasteiger partial charge in [-0.15, -0.1) is 0 Å². The van der Waals surface area contributed by atoms with Gasteiger partial charge in [-0.3, -0.25) is 14.8 Å². The molecule has 5 rings (SSSR count). The molecule has 0 spiro atoms. The number of carbonyl (C=O) groups excluding carboxylic acids is 2. The van der Waals surface area contributed by atoms with Crippen LogP contribution in [-0.2, 0) is 16.1 Å². The molecule has 1 aromatic rings. The third-order valence-corrected chi connectivity index (χ3v) is 6.86. The smallest absolute Gasteiger partial charge is 0.267 e. The van der Waals surface area contributed by atoms with Gasteiger partial charge in [0.2, 0.25) is 5.91 Å². The molecule has 6 heteroatoms. The highest BCUT2D eigenvalue weighted by Gasteiger charge is 2.54. The van der Waals surface area contributed by atoms with Crippen molar-refractivity contribution < 1.29 is 19.9 Å². The lowest BCUT2D eigenvalue weighted by molar-refractivity contribution is -0.157. The molecule has 0 heterocycles. The molecule has 0 radical (unpaired) electrons. The summed E-state index contributed by atoms with van der Waals surface area (Å²) in [5, 5.41) is 22.2. The van der Waals surface area contributed by atoms with Crippen molar-refractivity contribution in [1.29, 1.82) is 0 Å². The normalized spacial score (nSPS) is 33.2. The molecule has 28 heavy (non-hydrogen) atoms. The minimum Gasteiger partial charge on any atom is -0.390 e. The van der Waals surface area contributed by atoms with Crippen LogP contribution < -0.4 is 10.8 Å². The lowest BCUT2D eigenvalue weighted by Crippen LogP contribution is -2.55. The molecule has 1 aromatic carbocycles. The molecule has 4 N–H and O–H groups in total. The number of hydrogen-bond acceptors (Lipinski definition) is 4. The number of aliphatic hydroxyl groups is 1. The van der Waals surface area contributed by atoms with Gasteiger partial charge in [0.15, 0.2) is 0 Å². The standard InChI is InChI=1S/C22H28N2O4/c25-20(24-28)6-5-14-1-3-15(4-2-14)13-23-21(26)9-19-17-7-16-8-18(19)12-22(27,10-16)11-17/h1-6,16-19,27-28H,7-13H2,(H,23,26)(H,24,25). The molecule has 2 amide bonds. The van der Waals surface area contributed by atoms with Crippen LogP contribution in [0.5, 0.6) is 0 Å². The molecule has 4 aliphatic rings. The first-order valence-electron chi connectivity index (χ1n) is 10.1. The molecule has 4 fully saturated rings. The van der Waals surface area contributed by atoms with E-state index >= 15 is 0 Å². The Morgan fingerprint density at radius 2 is 1.79 bits per heavy atom. The summed E-state index contributed by atoms with van der Waals surface area (Å²) >= 11 is 0.